The van der Waals surface area contributed by atoms with Crippen LogP contribution in [0.1, 0.15) is 5.82 Å². The Morgan fingerprint density at radius 3 is 3.11 bits per heavy atom. The number of nitrogens with two attached hydrogens (primary N) is 1. The first-order chi connectivity index (χ1) is 9.10. The van der Waals surface area contributed by atoms with Crippen molar-refractivity contribution in [1.29, 1.82) is 5.26 Å². The van der Waals surface area contributed by atoms with Crippen molar-refractivity contribution in [2.45, 2.75) is 6.54 Å². The lowest BCUT2D eigenvalue weighted by Gasteiger charge is -2.08. The number of aromatic nitrogens is 2. The third kappa shape index (κ3) is 3.03. The van der Waals surface area contributed by atoms with Crippen LogP contribution in [0.4, 0.5) is 11.4 Å². The van der Waals surface area contributed by atoms with E-state index in [9.17, 15) is 4.79 Å². The van der Waals surface area contributed by atoms with E-state index in [1.54, 1.807) is 24.4 Å². The summed E-state index contributed by atoms with van der Waals surface area (Å²) in [5.41, 5.74) is 6.55. The molecule has 0 radical (unpaired) electrons. The fraction of sp³-hybridized carbons (Fsp3) is 0.0833. The number of carbonyl (C=O) groups is 1. The topological polar surface area (TPSA) is 96.7 Å². The van der Waals surface area contributed by atoms with Crippen LogP contribution in [0.25, 0.3) is 0 Å². The number of carbonyl (C=O) groups excluding carboxylic acids is 1. The number of nitrogens with one attached hydrogen (secondary N) is 1. The first-order valence-corrected chi connectivity index (χ1v) is 5.74. The minimum absolute atomic E-state index is 0.0198. The highest BCUT2D eigenvalue weighted by molar-refractivity contribution is 6.33. The normalized spacial score (nSPS) is 9.89. The van der Waals surface area contributed by atoms with Gasteiger partial charge in [0.1, 0.15) is 12.6 Å². The van der Waals surface area contributed by atoms with Crippen molar-refractivity contribution in [2.24, 2.45) is 0 Å². The molecule has 1 amide bonds. The Morgan fingerprint density at radius 2 is 2.37 bits per heavy atom. The predicted octanol–water partition coefficient (Wildman–Crippen LogP) is 1.63. The van der Waals surface area contributed by atoms with E-state index in [4.69, 9.17) is 22.6 Å². The summed E-state index contributed by atoms with van der Waals surface area (Å²) in [5.74, 6) is -0.143. The second-order valence-electron chi connectivity index (χ2n) is 3.78. The van der Waals surface area contributed by atoms with Crippen molar-refractivity contribution in [3.05, 3.63) is 41.4 Å². The molecule has 0 bridgehead atoms. The third-order valence-corrected chi connectivity index (χ3v) is 2.72. The Balaban J connectivity index is 2.10. The molecule has 0 aliphatic heterocycles. The van der Waals surface area contributed by atoms with Gasteiger partial charge in [0.25, 0.3) is 0 Å². The lowest BCUT2D eigenvalue weighted by molar-refractivity contribution is -0.116. The molecule has 1 heterocycles. The fourth-order valence-corrected chi connectivity index (χ4v) is 1.70. The van der Waals surface area contributed by atoms with Crippen LogP contribution in [0.15, 0.2) is 30.6 Å². The molecule has 1 aromatic heterocycles. The molecule has 6 nitrogen and oxygen atoms in total. The van der Waals surface area contributed by atoms with Gasteiger partial charge in [0.15, 0.2) is 0 Å². The Kier molecular flexibility index (Phi) is 3.68. The van der Waals surface area contributed by atoms with Gasteiger partial charge in [-0.3, -0.25) is 4.79 Å². The summed E-state index contributed by atoms with van der Waals surface area (Å²) in [6.45, 7) is -0.0198. The summed E-state index contributed by atoms with van der Waals surface area (Å²) in [7, 11) is 0. The van der Waals surface area contributed by atoms with Crippen LogP contribution < -0.4 is 11.1 Å². The Bertz CT molecular complexity index is 658. The van der Waals surface area contributed by atoms with Crippen molar-refractivity contribution in [3.63, 3.8) is 0 Å². The van der Waals surface area contributed by atoms with Gasteiger partial charge in [0, 0.05) is 18.1 Å². The summed E-state index contributed by atoms with van der Waals surface area (Å²) in [5, 5.41) is 11.8. The zero-order valence-corrected chi connectivity index (χ0v) is 10.6. The molecular weight excluding hydrogens is 266 g/mol. The molecular formula is C12H10ClN5O. The van der Waals surface area contributed by atoms with Gasteiger partial charge in [-0.15, -0.1) is 0 Å². The van der Waals surface area contributed by atoms with Crippen LogP contribution in [0.5, 0.6) is 0 Å². The third-order valence-electron chi connectivity index (χ3n) is 2.39. The highest BCUT2D eigenvalue weighted by Crippen LogP contribution is 2.23. The SMILES string of the molecule is N#Cc1nccn1CC(=O)Nc1cc(N)ccc1Cl. The number of hydrogen-bond acceptors (Lipinski definition) is 4. The minimum Gasteiger partial charge on any atom is -0.399 e. The van der Waals surface area contributed by atoms with Gasteiger partial charge in [-0.1, -0.05) is 11.6 Å². The van der Waals surface area contributed by atoms with Gasteiger partial charge in [-0.05, 0) is 18.2 Å². The van der Waals surface area contributed by atoms with Crippen LogP contribution in [-0.4, -0.2) is 15.5 Å². The van der Waals surface area contributed by atoms with E-state index in [1.165, 1.54) is 10.8 Å². The van der Waals surface area contributed by atoms with Crippen LogP contribution in [0, 0.1) is 11.3 Å². The highest BCUT2D eigenvalue weighted by Gasteiger charge is 2.09. The zero-order valence-electron chi connectivity index (χ0n) is 9.80. The smallest absolute Gasteiger partial charge is 0.244 e. The minimum atomic E-state index is -0.318. The van der Waals surface area contributed by atoms with Crippen molar-refractivity contribution >= 4 is 28.9 Å². The van der Waals surface area contributed by atoms with Crippen molar-refractivity contribution in [3.8, 4) is 6.07 Å². The molecule has 0 fully saturated rings. The number of anilines is 2. The second kappa shape index (κ2) is 5.42. The van der Waals surface area contributed by atoms with E-state index in [0.29, 0.717) is 16.4 Å². The molecule has 2 rings (SSSR count). The maximum absolute atomic E-state index is 11.8. The molecule has 3 N–H and O–H groups in total. The van der Waals surface area contributed by atoms with Gasteiger partial charge in [-0.2, -0.15) is 5.26 Å². The van der Waals surface area contributed by atoms with Crippen molar-refractivity contribution < 1.29 is 4.79 Å². The summed E-state index contributed by atoms with van der Waals surface area (Å²) >= 11 is 5.94. The molecule has 0 aliphatic rings. The van der Waals surface area contributed by atoms with Crippen molar-refractivity contribution in [2.75, 3.05) is 11.1 Å². The number of halogens is 1. The number of nitriles is 1. The van der Waals surface area contributed by atoms with Crippen LogP contribution >= 0.6 is 11.6 Å². The van der Waals surface area contributed by atoms with Gasteiger partial charge in [0.05, 0.1) is 10.7 Å². The highest BCUT2D eigenvalue weighted by atomic mass is 35.5. The quantitative estimate of drug-likeness (QED) is 0.832. The standard InChI is InChI=1S/C12H10ClN5O/c13-9-2-1-8(15)5-10(9)17-12(19)7-18-4-3-16-11(18)6-14/h1-5H,7,15H2,(H,17,19). The number of benzene rings is 1. The first kappa shape index (κ1) is 12.9. The Labute approximate surface area is 114 Å². The van der Waals surface area contributed by atoms with E-state index in [1.807, 2.05) is 6.07 Å². The van der Waals surface area contributed by atoms with Gasteiger partial charge in [0.2, 0.25) is 11.7 Å². The van der Waals surface area contributed by atoms with Crippen LogP contribution in [0.3, 0.4) is 0 Å². The maximum Gasteiger partial charge on any atom is 0.244 e. The summed E-state index contributed by atoms with van der Waals surface area (Å²) < 4.78 is 1.44. The fourth-order valence-electron chi connectivity index (χ4n) is 1.53. The second-order valence-corrected chi connectivity index (χ2v) is 4.19. The molecule has 96 valence electrons. The van der Waals surface area contributed by atoms with Crippen molar-refractivity contribution in [1.82, 2.24) is 9.55 Å². The number of hydrogen-bond donors (Lipinski definition) is 2. The zero-order chi connectivity index (χ0) is 13.8. The molecule has 0 saturated heterocycles. The van der Waals surface area contributed by atoms with Gasteiger partial charge >= 0.3 is 0 Å². The molecule has 1 aromatic carbocycles. The molecule has 19 heavy (non-hydrogen) atoms. The van der Waals surface area contributed by atoms with E-state index in [2.05, 4.69) is 10.3 Å². The predicted molar refractivity (Wildman–Crippen MR) is 71.4 cm³/mol. The summed E-state index contributed by atoms with van der Waals surface area (Å²) in [6.07, 6.45) is 3.01. The summed E-state index contributed by atoms with van der Waals surface area (Å²) in [4.78, 5) is 15.6. The van der Waals surface area contributed by atoms with E-state index < -0.39 is 0 Å². The lowest BCUT2D eigenvalue weighted by Crippen LogP contribution is -2.19. The summed E-state index contributed by atoms with van der Waals surface area (Å²) in [6, 6.07) is 6.70. The molecule has 2 aromatic rings. The lowest BCUT2D eigenvalue weighted by atomic mass is 10.3. The van der Waals surface area contributed by atoms with Gasteiger partial charge in [-0.25, -0.2) is 4.98 Å². The van der Waals surface area contributed by atoms with E-state index in [-0.39, 0.29) is 18.3 Å². The van der Waals surface area contributed by atoms with Crippen LogP contribution in [0.2, 0.25) is 5.02 Å². The number of nitrogen functional groups attached to an aromatic ring is 1. The van der Waals surface area contributed by atoms with E-state index >= 15 is 0 Å². The molecule has 0 spiro atoms. The van der Waals surface area contributed by atoms with Gasteiger partial charge < -0.3 is 15.6 Å². The average Bonchev–Trinajstić information content (AvgIpc) is 2.81. The molecule has 7 heteroatoms. The first-order valence-electron chi connectivity index (χ1n) is 5.36. The maximum atomic E-state index is 11.8. The Hall–Kier alpha value is -2.52. The largest absolute Gasteiger partial charge is 0.399 e. The van der Waals surface area contributed by atoms with Crippen LogP contribution in [-0.2, 0) is 11.3 Å². The molecule has 0 unspecified atom stereocenters. The monoisotopic (exact) mass is 275 g/mol. The number of imidazole rings is 1. The molecule has 0 saturated carbocycles. The Morgan fingerprint density at radius 1 is 1.58 bits per heavy atom. The number of amides is 1. The van der Waals surface area contributed by atoms with E-state index in [0.717, 1.165) is 0 Å². The number of nitrogens with zero attached hydrogens (tertiary/aromatic N) is 3. The number of rotatable bonds is 3. The average molecular weight is 276 g/mol. The molecule has 0 aliphatic carbocycles. The molecule has 0 atom stereocenters.